The van der Waals surface area contributed by atoms with Crippen molar-refractivity contribution in [1.29, 1.82) is 0 Å². The Morgan fingerprint density at radius 2 is 2.00 bits per heavy atom. The van der Waals surface area contributed by atoms with Crippen LogP contribution in [0.1, 0.15) is 28.3 Å². The number of carboxylic acid groups (broad SMARTS) is 1. The fraction of sp³-hybridized carbons (Fsp3) is 0.467. The predicted octanol–water partition coefficient (Wildman–Crippen LogP) is -1.03. The van der Waals surface area contributed by atoms with Gasteiger partial charge < -0.3 is 30.7 Å². The minimum Gasteiger partial charge on any atom is -0.507 e. The topological polar surface area (TPSA) is 154 Å². The molecule has 2 atom stereocenters. The van der Waals surface area contributed by atoms with Gasteiger partial charge in [-0.1, -0.05) is 6.07 Å². The van der Waals surface area contributed by atoms with Crippen molar-refractivity contribution in [3.8, 4) is 11.5 Å². The van der Waals surface area contributed by atoms with Crippen molar-refractivity contribution in [3.05, 3.63) is 23.3 Å². The lowest BCUT2D eigenvalue weighted by Gasteiger charge is -2.38. The zero-order valence-corrected chi connectivity index (χ0v) is 13.3. The van der Waals surface area contributed by atoms with E-state index in [1.165, 1.54) is 6.07 Å². The molecule has 1 amide bonds. The van der Waals surface area contributed by atoms with Crippen molar-refractivity contribution in [2.24, 2.45) is 5.73 Å². The molecule has 1 aromatic carbocycles. The Kier molecular flexibility index (Phi) is 4.59. The average Bonchev–Trinajstić information content (AvgIpc) is 3.24. The summed E-state index contributed by atoms with van der Waals surface area (Å²) in [5.74, 6) is -2.85. The number of rotatable bonds is 7. The maximum absolute atomic E-state index is 11.5. The number of aromatic hydroxyl groups is 1. The number of hydrogen-bond donors (Lipinski definition) is 5. The van der Waals surface area contributed by atoms with E-state index in [0.29, 0.717) is 25.1 Å². The van der Waals surface area contributed by atoms with E-state index >= 15 is 0 Å². The fourth-order valence-electron chi connectivity index (χ4n) is 3.22. The van der Waals surface area contributed by atoms with E-state index in [-0.39, 0.29) is 29.9 Å². The largest absolute Gasteiger partial charge is 0.507 e. The van der Waals surface area contributed by atoms with Gasteiger partial charge in [0.2, 0.25) is 5.91 Å². The van der Waals surface area contributed by atoms with Gasteiger partial charge in [-0.15, -0.1) is 0 Å². The number of carbonyl (C=O) groups excluding carboxylic acids is 1. The van der Waals surface area contributed by atoms with Crippen LogP contribution < -0.4 is 10.5 Å². The Morgan fingerprint density at radius 3 is 2.52 bits per heavy atom. The van der Waals surface area contributed by atoms with Crippen molar-refractivity contribution in [2.75, 3.05) is 19.6 Å². The van der Waals surface area contributed by atoms with Crippen LogP contribution in [0.15, 0.2) is 12.1 Å². The van der Waals surface area contributed by atoms with E-state index in [0.717, 1.165) is 0 Å². The molecular formula is C15H19BN2O7. The molecule has 6 N–H and O–H groups in total. The Morgan fingerprint density at radius 1 is 1.32 bits per heavy atom. The van der Waals surface area contributed by atoms with Crippen LogP contribution in [0.5, 0.6) is 11.5 Å². The number of nitrogens with two attached hydrogens (primary N) is 1. The minimum atomic E-state index is -1.50. The van der Waals surface area contributed by atoms with Crippen LogP contribution in [0.3, 0.4) is 0 Å². The highest BCUT2D eigenvalue weighted by atomic mass is 16.5. The number of nitrogens with zero attached hydrogens (tertiary/aromatic N) is 1. The molecule has 0 radical (unpaired) electrons. The minimum absolute atomic E-state index is 0.0409. The Hall–Kier alpha value is -2.30. The van der Waals surface area contributed by atoms with Crippen LogP contribution in [-0.2, 0) is 4.79 Å². The summed E-state index contributed by atoms with van der Waals surface area (Å²) < 4.78 is 5.63. The maximum Gasteiger partial charge on any atom is 0.455 e. The van der Waals surface area contributed by atoms with Gasteiger partial charge in [-0.05, 0) is 24.0 Å². The second-order valence-corrected chi connectivity index (χ2v) is 6.50. The number of hydrogen-bond acceptors (Lipinski definition) is 7. The lowest BCUT2D eigenvalue weighted by molar-refractivity contribution is -0.121. The molecule has 1 saturated carbocycles. The van der Waals surface area contributed by atoms with Gasteiger partial charge in [0.05, 0.1) is 6.54 Å². The van der Waals surface area contributed by atoms with Crippen molar-refractivity contribution < 1.29 is 34.6 Å². The molecule has 1 heterocycles. The molecule has 0 unspecified atom stereocenters. The van der Waals surface area contributed by atoms with Crippen LogP contribution in [0, 0.1) is 0 Å². The Labute approximate surface area is 143 Å². The van der Waals surface area contributed by atoms with Gasteiger partial charge in [-0.25, -0.2) is 4.79 Å². The molecule has 134 valence electrons. The predicted molar refractivity (Wildman–Crippen MR) is 86.4 cm³/mol. The molecule has 0 aromatic heterocycles. The number of ether oxygens (including phenoxy) is 1. The lowest BCUT2D eigenvalue weighted by Crippen LogP contribution is -2.56. The van der Waals surface area contributed by atoms with Crippen LogP contribution in [0.2, 0.25) is 5.82 Å². The van der Waals surface area contributed by atoms with E-state index in [1.807, 2.05) is 0 Å². The standard InChI is InChI=1S/C15H19BN2O7/c17-12(19)6-18-4-7(5-18)25-11-2-1-8(9-3-10(9)16(23)24)14(20)13(11)15(21)22/h1-2,7,9-10,20,23-24H,3-6H2,(H2,17,19)(H,21,22)/t9-,10-/m1/s1. The molecule has 3 rings (SSSR count). The summed E-state index contributed by atoms with van der Waals surface area (Å²) >= 11 is 0. The van der Waals surface area contributed by atoms with E-state index in [2.05, 4.69) is 0 Å². The highest BCUT2D eigenvalue weighted by molar-refractivity contribution is 6.44. The van der Waals surface area contributed by atoms with Gasteiger partial charge in [-0.2, -0.15) is 0 Å². The number of phenols is 1. The van der Waals surface area contributed by atoms with E-state index in [9.17, 15) is 29.9 Å². The van der Waals surface area contributed by atoms with E-state index in [1.54, 1.807) is 11.0 Å². The molecule has 1 aliphatic heterocycles. The monoisotopic (exact) mass is 350 g/mol. The third-order valence-corrected chi connectivity index (χ3v) is 4.60. The van der Waals surface area contributed by atoms with Crippen LogP contribution in [-0.4, -0.2) is 69.9 Å². The summed E-state index contributed by atoms with van der Waals surface area (Å²) in [6.07, 6.45) is 0.172. The number of benzene rings is 1. The molecule has 2 fully saturated rings. The number of carboxylic acids is 1. The summed E-state index contributed by atoms with van der Waals surface area (Å²) in [5, 5.41) is 38.1. The summed E-state index contributed by atoms with van der Waals surface area (Å²) in [5.41, 5.74) is 5.12. The SMILES string of the molecule is NC(=O)CN1CC(Oc2ccc([C@H]3C[C@H]3B(O)O)c(O)c2C(=O)O)C1. The third kappa shape index (κ3) is 3.55. The third-order valence-electron chi connectivity index (χ3n) is 4.60. The average molecular weight is 350 g/mol. The van der Waals surface area contributed by atoms with Gasteiger partial charge in [-0.3, -0.25) is 9.69 Å². The summed E-state index contributed by atoms with van der Waals surface area (Å²) in [6.45, 7) is 0.986. The molecule has 25 heavy (non-hydrogen) atoms. The number of carbonyl (C=O) groups is 2. The summed E-state index contributed by atoms with van der Waals surface area (Å²) in [4.78, 5) is 24.1. The van der Waals surface area contributed by atoms with Crippen molar-refractivity contribution in [2.45, 2.75) is 24.3 Å². The zero-order valence-electron chi connectivity index (χ0n) is 13.3. The second kappa shape index (κ2) is 6.55. The quantitative estimate of drug-likeness (QED) is 0.391. The number of likely N-dealkylation sites (tertiary alicyclic amines) is 1. The summed E-state index contributed by atoms with van der Waals surface area (Å²) in [6, 6.07) is 3.01. The molecule has 0 spiro atoms. The Balaban J connectivity index is 1.74. The fourth-order valence-corrected chi connectivity index (χ4v) is 3.22. The van der Waals surface area contributed by atoms with Crippen molar-refractivity contribution in [3.63, 3.8) is 0 Å². The van der Waals surface area contributed by atoms with Gasteiger partial charge >= 0.3 is 13.1 Å². The van der Waals surface area contributed by atoms with Gasteiger partial charge in [0.25, 0.3) is 0 Å². The number of amides is 1. The normalized spacial score (nSPS) is 23.0. The lowest BCUT2D eigenvalue weighted by atomic mass is 9.81. The van der Waals surface area contributed by atoms with E-state index in [4.69, 9.17) is 10.5 Å². The molecule has 1 aliphatic carbocycles. The molecule has 1 saturated heterocycles. The zero-order chi connectivity index (χ0) is 18.3. The summed E-state index contributed by atoms with van der Waals surface area (Å²) in [7, 11) is -1.50. The molecule has 10 heteroatoms. The van der Waals surface area contributed by atoms with Crippen molar-refractivity contribution in [1.82, 2.24) is 4.90 Å². The van der Waals surface area contributed by atoms with Gasteiger partial charge in [0, 0.05) is 18.9 Å². The number of primary amides is 1. The van der Waals surface area contributed by atoms with E-state index < -0.39 is 30.6 Å². The highest BCUT2D eigenvalue weighted by Gasteiger charge is 2.48. The first kappa shape index (κ1) is 17.5. The number of aromatic carboxylic acids is 1. The second-order valence-electron chi connectivity index (χ2n) is 6.50. The van der Waals surface area contributed by atoms with Crippen LogP contribution in [0.4, 0.5) is 0 Å². The first-order valence-electron chi connectivity index (χ1n) is 7.90. The molecular weight excluding hydrogens is 331 g/mol. The maximum atomic E-state index is 11.5. The Bertz CT molecular complexity index is 705. The molecule has 0 bridgehead atoms. The van der Waals surface area contributed by atoms with Crippen molar-refractivity contribution >= 4 is 19.0 Å². The van der Waals surface area contributed by atoms with Crippen LogP contribution >= 0.6 is 0 Å². The molecule has 2 aliphatic rings. The highest BCUT2D eigenvalue weighted by Crippen LogP contribution is 2.56. The molecule has 1 aromatic rings. The molecule has 9 nitrogen and oxygen atoms in total. The smallest absolute Gasteiger partial charge is 0.455 e. The van der Waals surface area contributed by atoms with Gasteiger partial charge in [0.15, 0.2) is 0 Å². The van der Waals surface area contributed by atoms with Gasteiger partial charge in [0.1, 0.15) is 23.2 Å². The van der Waals surface area contributed by atoms with Crippen LogP contribution in [0.25, 0.3) is 0 Å². The first-order chi connectivity index (χ1) is 11.8. The first-order valence-corrected chi connectivity index (χ1v) is 7.90.